The lowest BCUT2D eigenvalue weighted by Gasteiger charge is -2.13. The van der Waals surface area contributed by atoms with E-state index >= 15 is 0 Å². The summed E-state index contributed by atoms with van der Waals surface area (Å²) in [6.07, 6.45) is 4.04. The SMILES string of the molecule is COc1cc([C@@H](C)CCCCc2ccc(C(=O)O)cc2)ccc1F. The highest BCUT2D eigenvalue weighted by molar-refractivity contribution is 5.87. The molecule has 0 unspecified atom stereocenters. The minimum Gasteiger partial charge on any atom is -0.494 e. The second kappa shape index (κ2) is 8.48. The van der Waals surface area contributed by atoms with Crippen molar-refractivity contribution >= 4 is 5.97 Å². The predicted octanol–water partition coefficient (Wildman–Crippen LogP) is 5.05. The van der Waals surface area contributed by atoms with Crippen LogP contribution in [0.3, 0.4) is 0 Å². The number of carboxylic acid groups (broad SMARTS) is 1. The van der Waals surface area contributed by atoms with Crippen LogP contribution in [0.2, 0.25) is 0 Å². The van der Waals surface area contributed by atoms with Gasteiger partial charge >= 0.3 is 5.97 Å². The number of halogens is 1. The first-order chi connectivity index (χ1) is 11.5. The van der Waals surface area contributed by atoms with Crippen molar-refractivity contribution in [2.24, 2.45) is 0 Å². The number of benzene rings is 2. The number of rotatable bonds is 8. The van der Waals surface area contributed by atoms with E-state index in [2.05, 4.69) is 6.92 Å². The van der Waals surface area contributed by atoms with Crippen molar-refractivity contribution in [2.75, 3.05) is 7.11 Å². The lowest BCUT2D eigenvalue weighted by atomic mass is 9.94. The Hall–Kier alpha value is -2.36. The number of aryl methyl sites for hydroxylation is 1. The van der Waals surface area contributed by atoms with Crippen LogP contribution in [0, 0.1) is 5.82 Å². The summed E-state index contributed by atoms with van der Waals surface area (Å²) >= 11 is 0. The quantitative estimate of drug-likeness (QED) is 0.689. The molecule has 2 aromatic carbocycles. The molecule has 0 radical (unpaired) electrons. The van der Waals surface area contributed by atoms with Crippen molar-refractivity contribution in [1.82, 2.24) is 0 Å². The number of methoxy groups -OCH3 is 1. The predicted molar refractivity (Wildman–Crippen MR) is 92.3 cm³/mol. The molecule has 0 heterocycles. The highest BCUT2D eigenvalue weighted by atomic mass is 19.1. The van der Waals surface area contributed by atoms with E-state index in [0.717, 1.165) is 36.8 Å². The average Bonchev–Trinajstić information content (AvgIpc) is 2.59. The number of carbonyl (C=O) groups is 1. The molecule has 0 aliphatic rings. The van der Waals surface area contributed by atoms with Gasteiger partial charge in [0.05, 0.1) is 12.7 Å². The Morgan fingerprint density at radius 3 is 2.50 bits per heavy atom. The van der Waals surface area contributed by atoms with Gasteiger partial charge in [0, 0.05) is 0 Å². The molecule has 0 spiro atoms. The number of ether oxygens (including phenoxy) is 1. The topological polar surface area (TPSA) is 46.5 Å². The standard InChI is InChI=1S/C20H23FO3/c1-14(17-11-12-18(21)19(13-17)24-2)5-3-4-6-15-7-9-16(10-8-15)20(22)23/h7-14H,3-6H2,1-2H3,(H,22,23)/t14-/m0/s1. The number of aromatic carboxylic acids is 1. The number of hydrogen-bond acceptors (Lipinski definition) is 2. The Balaban J connectivity index is 1.80. The molecule has 0 bridgehead atoms. The molecule has 2 rings (SSSR count). The zero-order valence-electron chi connectivity index (χ0n) is 14.1. The maximum absolute atomic E-state index is 13.4. The van der Waals surface area contributed by atoms with Gasteiger partial charge in [0.25, 0.3) is 0 Å². The third kappa shape index (κ3) is 4.82. The van der Waals surface area contributed by atoms with E-state index in [-0.39, 0.29) is 11.6 Å². The van der Waals surface area contributed by atoms with Gasteiger partial charge < -0.3 is 9.84 Å². The third-order valence-electron chi connectivity index (χ3n) is 4.30. The highest BCUT2D eigenvalue weighted by Crippen LogP contribution is 2.27. The fourth-order valence-electron chi connectivity index (χ4n) is 2.74. The van der Waals surface area contributed by atoms with Crippen LogP contribution in [0.5, 0.6) is 5.75 Å². The Morgan fingerprint density at radius 2 is 1.88 bits per heavy atom. The van der Waals surface area contributed by atoms with Crippen LogP contribution in [0.4, 0.5) is 4.39 Å². The normalized spacial score (nSPS) is 12.0. The summed E-state index contributed by atoms with van der Waals surface area (Å²) in [7, 11) is 1.47. The molecule has 128 valence electrons. The Labute approximate surface area is 142 Å². The molecule has 0 saturated heterocycles. The van der Waals surface area contributed by atoms with Gasteiger partial charge in [0.2, 0.25) is 0 Å². The summed E-state index contributed by atoms with van der Waals surface area (Å²) in [6, 6.07) is 12.1. The highest BCUT2D eigenvalue weighted by Gasteiger charge is 2.10. The Morgan fingerprint density at radius 1 is 1.17 bits per heavy atom. The molecule has 1 N–H and O–H groups in total. The summed E-state index contributed by atoms with van der Waals surface area (Å²) in [5, 5.41) is 8.88. The summed E-state index contributed by atoms with van der Waals surface area (Å²) in [6.45, 7) is 2.13. The smallest absolute Gasteiger partial charge is 0.335 e. The first-order valence-electron chi connectivity index (χ1n) is 8.17. The van der Waals surface area contributed by atoms with Crippen molar-refractivity contribution in [3.63, 3.8) is 0 Å². The van der Waals surface area contributed by atoms with E-state index in [4.69, 9.17) is 9.84 Å². The summed E-state index contributed by atoms with van der Waals surface area (Å²) < 4.78 is 18.5. The second-order valence-electron chi connectivity index (χ2n) is 6.04. The molecule has 0 fully saturated rings. The van der Waals surface area contributed by atoms with Crippen LogP contribution in [0.25, 0.3) is 0 Å². The summed E-state index contributed by atoms with van der Waals surface area (Å²) in [5.74, 6) is -0.602. The number of unbranched alkanes of at least 4 members (excludes halogenated alkanes) is 1. The molecule has 0 saturated carbocycles. The Kier molecular flexibility index (Phi) is 6.36. The molecular weight excluding hydrogens is 307 g/mol. The van der Waals surface area contributed by atoms with Gasteiger partial charge in [-0.05, 0) is 60.6 Å². The number of carboxylic acids is 1. The van der Waals surface area contributed by atoms with Crippen molar-refractivity contribution in [3.8, 4) is 5.75 Å². The molecule has 1 atom stereocenters. The van der Waals surface area contributed by atoms with Crippen molar-refractivity contribution in [2.45, 2.75) is 38.5 Å². The molecule has 0 amide bonds. The van der Waals surface area contributed by atoms with E-state index in [1.54, 1.807) is 18.2 Å². The first-order valence-corrected chi connectivity index (χ1v) is 8.17. The molecule has 0 aliphatic carbocycles. The van der Waals surface area contributed by atoms with Gasteiger partial charge in [-0.25, -0.2) is 9.18 Å². The van der Waals surface area contributed by atoms with Crippen LogP contribution < -0.4 is 4.74 Å². The van der Waals surface area contributed by atoms with E-state index in [1.807, 2.05) is 18.2 Å². The van der Waals surface area contributed by atoms with Gasteiger partial charge in [-0.2, -0.15) is 0 Å². The van der Waals surface area contributed by atoms with Crippen molar-refractivity contribution in [3.05, 3.63) is 65.0 Å². The number of hydrogen-bond donors (Lipinski definition) is 1. The maximum Gasteiger partial charge on any atom is 0.335 e. The lowest BCUT2D eigenvalue weighted by Crippen LogP contribution is -1.98. The molecule has 0 aromatic heterocycles. The second-order valence-corrected chi connectivity index (χ2v) is 6.04. The third-order valence-corrected chi connectivity index (χ3v) is 4.30. The minimum atomic E-state index is -0.898. The molecular formula is C20H23FO3. The van der Waals surface area contributed by atoms with E-state index in [1.165, 1.54) is 13.2 Å². The fourth-order valence-corrected chi connectivity index (χ4v) is 2.74. The molecule has 4 heteroatoms. The van der Waals surface area contributed by atoms with Gasteiger partial charge in [-0.3, -0.25) is 0 Å². The molecule has 2 aromatic rings. The lowest BCUT2D eigenvalue weighted by molar-refractivity contribution is 0.0697. The largest absolute Gasteiger partial charge is 0.494 e. The van der Waals surface area contributed by atoms with Crippen LogP contribution >= 0.6 is 0 Å². The monoisotopic (exact) mass is 330 g/mol. The maximum atomic E-state index is 13.4. The van der Waals surface area contributed by atoms with Crippen LogP contribution in [-0.4, -0.2) is 18.2 Å². The molecule has 3 nitrogen and oxygen atoms in total. The fraction of sp³-hybridized carbons (Fsp3) is 0.350. The zero-order chi connectivity index (χ0) is 17.5. The molecule has 24 heavy (non-hydrogen) atoms. The zero-order valence-corrected chi connectivity index (χ0v) is 14.1. The van der Waals surface area contributed by atoms with Gasteiger partial charge in [0.1, 0.15) is 0 Å². The molecule has 0 aliphatic heterocycles. The van der Waals surface area contributed by atoms with Crippen LogP contribution in [0.1, 0.15) is 53.6 Å². The van der Waals surface area contributed by atoms with Crippen molar-refractivity contribution < 1.29 is 19.0 Å². The van der Waals surface area contributed by atoms with E-state index < -0.39 is 5.97 Å². The van der Waals surface area contributed by atoms with E-state index in [9.17, 15) is 9.18 Å². The summed E-state index contributed by atoms with van der Waals surface area (Å²) in [5.41, 5.74) is 2.55. The van der Waals surface area contributed by atoms with Gasteiger partial charge in [0.15, 0.2) is 11.6 Å². The Bertz CT molecular complexity index is 680. The van der Waals surface area contributed by atoms with Gasteiger partial charge in [-0.15, -0.1) is 0 Å². The first kappa shape index (κ1) is 18.0. The van der Waals surface area contributed by atoms with Crippen molar-refractivity contribution in [1.29, 1.82) is 0 Å². The summed E-state index contributed by atoms with van der Waals surface area (Å²) in [4.78, 5) is 10.8. The van der Waals surface area contributed by atoms with Crippen LogP contribution in [-0.2, 0) is 6.42 Å². The van der Waals surface area contributed by atoms with E-state index in [0.29, 0.717) is 11.5 Å². The van der Waals surface area contributed by atoms with Gasteiger partial charge in [-0.1, -0.05) is 31.5 Å². The van der Waals surface area contributed by atoms with Crippen LogP contribution in [0.15, 0.2) is 42.5 Å². The minimum absolute atomic E-state index is 0.290. The average molecular weight is 330 g/mol.